The molecule has 0 heterocycles. The summed E-state index contributed by atoms with van der Waals surface area (Å²) in [5.41, 5.74) is 0.0663. The molecule has 140 valence electrons. The topological polar surface area (TPSA) is 76.0 Å². The van der Waals surface area contributed by atoms with Gasteiger partial charge in [0.05, 0.1) is 13.2 Å². The Morgan fingerprint density at radius 3 is 2.15 bits per heavy atom. The number of carbonyl (C=O) groups excluding carboxylic acids is 1. The SMILES string of the molecule is CCCCOC(CO)(CO)COc1ccc(C(=O)c2ccccc2)cc1. The Morgan fingerprint density at radius 1 is 0.962 bits per heavy atom. The van der Waals surface area contributed by atoms with Gasteiger partial charge in [0.2, 0.25) is 0 Å². The van der Waals surface area contributed by atoms with E-state index in [0.29, 0.717) is 23.5 Å². The van der Waals surface area contributed by atoms with Crippen molar-refractivity contribution < 1.29 is 24.5 Å². The van der Waals surface area contributed by atoms with Crippen LogP contribution < -0.4 is 4.74 Å². The number of unbranched alkanes of at least 4 members (excludes halogenated alkanes) is 1. The van der Waals surface area contributed by atoms with Crippen LogP contribution in [0.1, 0.15) is 35.7 Å². The summed E-state index contributed by atoms with van der Waals surface area (Å²) in [6, 6.07) is 15.9. The third-order valence-electron chi connectivity index (χ3n) is 4.14. The van der Waals surface area contributed by atoms with Gasteiger partial charge in [0.1, 0.15) is 18.0 Å². The van der Waals surface area contributed by atoms with Crippen molar-refractivity contribution in [3.63, 3.8) is 0 Å². The van der Waals surface area contributed by atoms with E-state index < -0.39 is 5.60 Å². The average Bonchev–Trinajstić information content (AvgIpc) is 2.71. The minimum absolute atomic E-state index is 0.0235. The third kappa shape index (κ3) is 5.39. The number of ketones is 1. The van der Waals surface area contributed by atoms with Crippen molar-refractivity contribution in [3.05, 3.63) is 65.7 Å². The van der Waals surface area contributed by atoms with Crippen LogP contribution in [0, 0.1) is 0 Å². The lowest BCUT2D eigenvalue weighted by molar-refractivity contribution is -0.128. The van der Waals surface area contributed by atoms with Crippen LogP contribution >= 0.6 is 0 Å². The molecule has 26 heavy (non-hydrogen) atoms. The monoisotopic (exact) mass is 358 g/mol. The molecule has 0 fully saturated rings. The van der Waals surface area contributed by atoms with E-state index in [-0.39, 0.29) is 25.6 Å². The lowest BCUT2D eigenvalue weighted by atomic mass is 10.0. The van der Waals surface area contributed by atoms with Gasteiger partial charge in [-0.15, -0.1) is 0 Å². The Morgan fingerprint density at radius 2 is 1.58 bits per heavy atom. The van der Waals surface area contributed by atoms with Crippen molar-refractivity contribution in [2.45, 2.75) is 25.4 Å². The van der Waals surface area contributed by atoms with Crippen molar-refractivity contribution in [3.8, 4) is 5.75 Å². The molecule has 2 aromatic rings. The highest BCUT2D eigenvalue weighted by Gasteiger charge is 2.31. The smallest absolute Gasteiger partial charge is 0.193 e. The Labute approximate surface area is 154 Å². The number of carbonyl (C=O) groups is 1. The highest BCUT2D eigenvalue weighted by Crippen LogP contribution is 2.19. The minimum atomic E-state index is -1.13. The number of ether oxygens (including phenoxy) is 2. The summed E-state index contributed by atoms with van der Waals surface area (Å²) in [4.78, 5) is 12.4. The van der Waals surface area contributed by atoms with Crippen LogP contribution in [0.25, 0.3) is 0 Å². The molecule has 2 aromatic carbocycles. The zero-order valence-corrected chi connectivity index (χ0v) is 15.1. The molecule has 0 aromatic heterocycles. The highest BCUT2D eigenvalue weighted by molar-refractivity contribution is 6.08. The van der Waals surface area contributed by atoms with Gasteiger partial charge < -0.3 is 19.7 Å². The van der Waals surface area contributed by atoms with Crippen molar-refractivity contribution in [1.29, 1.82) is 0 Å². The van der Waals surface area contributed by atoms with Crippen molar-refractivity contribution in [1.82, 2.24) is 0 Å². The Kier molecular flexibility index (Phi) is 7.78. The lowest BCUT2D eigenvalue weighted by Gasteiger charge is -2.30. The van der Waals surface area contributed by atoms with Gasteiger partial charge in [-0.25, -0.2) is 0 Å². The molecule has 0 bridgehead atoms. The van der Waals surface area contributed by atoms with Gasteiger partial charge in [-0.2, -0.15) is 0 Å². The van der Waals surface area contributed by atoms with E-state index in [2.05, 4.69) is 0 Å². The van der Waals surface area contributed by atoms with E-state index in [1.807, 2.05) is 25.1 Å². The van der Waals surface area contributed by atoms with E-state index in [9.17, 15) is 15.0 Å². The van der Waals surface area contributed by atoms with Gasteiger partial charge >= 0.3 is 0 Å². The molecule has 5 nitrogen and oxygen atoms in total. The minimum Gasteiger partial charge on any atom is -0.490 e. The van der Waals surface area contributed by atoms with Gasteiger partial charge in [0.15, 0.2) is 5.78 Å². The van der Waals surface area contributed by atoms with Gasteiger partial charge in [-0.3, -0.25) is 4.79 Å². The number of hydrogen-bond donors (Lipinski definition) is 2. The molecule has 0 aliphatic heterocycles. The summed E-state index contributed by atoms with van der Waals surface area (Å²) in [6.45, 7) is 1.84. The molecule has 0 aliphatic carbocycles. The van der Waals surface area contributed by atoms with Crippen LogP contribution in [-0.2, 0) is 4.74 Å². The Hall–Kier alpha value is -2.21. The molecule has 5 heteroatoms. The molecule has 0 saturated heterocycles. The number of aliphatic hydroxyl groups is 2. The maximum Gasteiger partial charge on any atom is 0.193 e. The number of benzene rings is 2. The first-order chi connectivity index (χ1) is 12.6. The summed E-state index contributed by atoms with van der Waals surface area (Å²) < 4.78 is 11.3. The molecule has 0 spiro atoms. The normalized spacial score (nSPS) is 11.3. The third-order valence-corrected chi connectivity index (χ3v) is 4.14. The number of rotatable bonds is 11. The highest BCUT2D eigenvalue weighted by atomic mass is 16.6. The largest absolute Gasteiger partial charge is 0.490 e. The second-order valence-corrected chi connectivity index (χ2v) is 6.21. The van der Waals surface area contributed by atoms with Gasteiger partial charge in [-0.1, -0.05) is 43.7 Å². The molecular weight excluding hydrogens is 332 g/mol. The molecule has 0 atom stereocenters. The second-order valence-electron chi connectivity index (χ2n) is 6.21. The quantitative estimate of drug-likeness (QED) is 0.477. The maximum atomic E-state index is 12.4. The summed E-state index contributed by atoms with van der Waals surface area (Å²) in [5.74, 6) is 0.486. The number of aliphatic hydroxyl groups excluding tert-OH is 2. The number of hydrogen-bond acceptors (Lipinski definition) is 5. The first-order valence-electron chi connectivity index (χ1n) is 8.82. The zero-order chi connectivity index (χ0) is 18.8. The fourth-order valence-electron chi connectivity index (χ4n) is 2.38. The van der Waals surface area contributed by atoms with Crippen molar-refractivity contribution in [2.24, 2.45) is 0 Å². The summed E-state index contributed by atoms with van der Waals surface area (Å²) in [6.07, 6.45) is 1.81. The van der Waals surface area contributed by atoms with E-state index in [4.69, 9.17) is 9.47 Å². The zero-order valence-electron chi connectivity index (χ0n) is 15.1. The molecule has 0 aliphatic rings. The van der Waals surface area contributed by atoms with Crippen LogP contribution in [-0.4, -0.2) is 48.0 Å². The fourth-order valence-corrected chi connectivity index (χ4v) is 2.38. The Bertz CT molecular complexity index is 663. The Balaban J connectivity index is 1.98. The van der Waals surface area contributed by atoms with Crippen molar-refractivity contribution >= 4 is 5.78 Å². The molecule has 0 saturated carbocycles. The molecule has 0 unspecified atom stereocenters. The maximum absolute atomic E-state index is 12.4. The fraction of sp³-hybridized carbons (Fsp3) is 0.381. The van der Waals surface area contributed by atoms with Crippen LogP contribution in [0.3, 0.4) is 0 Å². The first kappa shape index (κ1) is 20.1. The molecule has 2 rings (SSSR count). The molecule has 0 radical (unpaired) electrons. The average molecular weight is 358 g/mol. The molecule has 0 amide bonds. The first-order valence-corrected chi connectivity index (χ1v) is 8.82. The summed E-state index contributed by atoms with van der Waals surface area (Å²) in [5, 5.41) is 19.2. The summed E-state index contributed by atoms with van der Waals surface area (Å²) >= 11 is 0. The van der Waals surface area contributed by atoms with E-state index in [1.54, 1.807) is 36.4 Å². The summed E-state index contributed by atoms with van der Waals surface area (Å²) in [7, 11) is 0. The lowest BCUT2D eigenvalue weighted by Crippen LogP contribution is -2.46. The molecule has 2 N–H and O–H groups in total. The van der Waals surface area contributed by atoms with Gasteiger partial charge in [-0.05, 0) is 30.7 Å². The van der Waals surface area contributed by atoms with Crippen LogP contribution in [0.4, 0.5) is 0 Å². The van der Waals surface area contributed by atoms with Crippen LogP contribution in [0.15, 0.2) is 54.6 Å². The second kappa shape index (κ2) is 10.1. The predicted octanol–water partition coefficient (Wildman–Crippen LogP) is 2.84. The van der Waals surface area contributed by atoms with Crippen molar-refractivity contribution in [2.75, 3.05) is 26.4 Å². The van der Waals surface area contributed by atoms with Crippen LogP contribution in [0.5, 0.6) is 5.75 Å². The van der Waals surface area contributed by atoms with E-state index in [0.717, 1.165) is 12.8 Å². The van der Waals surface area contributed by atoms with E-state index >= 15 is 0 Å². The van der Waals surface area contributed by atoms with Crippen LogP contribution in [0.2, 0.25) is 0 Å². The standard InChI is InChI=1S/C21H26O5/c1-2-3-13-26-21(14-22,15-23)16-25-19-11-9-18(10-12-19)20(24)17-7-5-4-6-8-17/h4-12,22-23H,2-3,13-16H2,1H3. The molecular formula is C21H26O5. The predicted molar refractivity (Wildman–Crippen MR) is 99.6 cm³/mol. The van der Waals surface area contributed by atoms with E-state index in [1.165, 1.54) is 0 Å². The van der Waals surface area contributed by atoms with Gasteiger partial charge in [0.25, 0.3) is 0 Å². The van der Waals surface area contributed by atoms with Gasteiger partial charge in [0, 0.05) is 17.7 Å².